The molecule has 0 aliphatic carbocycles. The highest BCUT2D eigenvalue weighted by atomic mass is 19.1. The van der Waals surface area contributed by atoms with E-state index in [0.29, 0.717) is 18.0 Å². The Kier molecular flexibility index (Phi) is 5.05. The van der Waals surface area contributed by atoms with E-state index in [1.54, 1.807) is 12.1 Å². The van der Waals surface area contributed by atoms with Gasteiger partial charge < -0.3 is 10.6 Å². The number of aromatic amines is 1. The Bertz CT molecular complexity index is 970. The molecular weight excluding hydrogens is 345 g/mol. The Labute approximate surface area is 156 Å². The summed E-state index contributed by atoms with van der Waals surface area (Å²) in [7, 11) is 0. The molecule has 7 heteroatoms. The molecule has 0 bridgehead atoms. The number of likely N-dealkylation sites (tertiary alicyclic amines) is 1. The molecule has 0 amide bonds. The van der Waals surface area contributed by atoms with Crippen molar-refractivity contribution in [1.82, 2.24) is 19.3 Å². The lowest BCUT2D eigenvalue weighted by Crippen LogP contribution is -2.35. The Balaban J connectivity index is 1.57. The maximum atomic E-state index is 13.1. The van der Waals surface area contributed by atoms with Crippen molar-refractivity contribution in [3.63, 3.8) is 0 Å². The number of nitrogens with two attached hydrogens (primary N) is 1. The van der Waals surface area contributed by atoms with E-state index in [2.05, 4.69) is 14.9 Å². The van der Waals surface area contributed by atoms with Gasteiger partial charge in [0.1, 0.15) is 5.82 Å². The minimum atomic E-state index is -0.281. The Morgan fingerprint density at radius 3 is 2.63 bits per heavy atom. The van der Waals surface area contributed by atoms with Crippen LogP contribution in [0.15, 0.2) is 41.5 Å². The number of piperidine rings is 1. The summed E-state index contributed by atoms with van der Waals surface area (Å²) < 4.78 is 15.0. The smallest absolute Gasteiger partial charge is 0.255 e. The Morgan fingerprint density at radius 2 is 1.93 bits per heavy atom. The summed E-state index contributed by atoms with van der Waals surface area (Å²) in [5.74, 6) is 0.475. The van der Waals surface area contributed by atoms with E-state index in [4.69, 9.17) is 5.73 Å². The van der Waals surface area contributed by atoms with Crippen molar-refractivity contribution in [2.45, 2.75) is 25.2 Å². The number of benzene rings is 1. The van der Waals surface area contributed by atoms with Gasteiger partial charge in [-0.3, -0.25) is 14.2 Å². The molecule has 0 spiro atoms. The zero-order valence-electron chi connectivity index (χ0n) is 15.2. The number of nitrogens with zero attached hydrogens (tertiary/aromatic N) is 3. The van der Waals surface area contributed by atoms with Gasteiger partial charge in [-0.25, -0.2) is 9.37 Å². The molecule has 6 nitrogen and oxygen atoms in total. The average molecular weight is 369 g/mol. The van der Waals surface area contributed by atoms with Crippen LogP contribution in [0.25, 0.3) is 17.0 Å². The molecule has 1 fully saturated rings. The summed E-state index contributed by atoms with van der Waals surface area (Å²) in [6.07, 6.45) is 6.72. The molecule has 0 atom stereocenters. The number of rotatable bonds is 5. The first kappa shape index (κ1) is 17.9. The maximum Gasteiger partial charge on any atom is 0.255 e. The summed E-state index contributed by atoms with van der Waals surface area (Å²) in [4.78, 5) is 22.4. The molecular formula is C20H24FN5O. The molecule has 1 aromatic carbocycles. The molecule has 0 saturated carbocycles. The molecule has 3 N–H and O–H groups in total. The number of aromatic nitrogens is 3. The van der Waals surface area contributed by atoms with Crippen molar-refractivity contribution >= 4 is 5.78 Å². The molecule has 1 aliphatic rings. The van der Waals surface area contributed by atoms with Gasteiger partial charge in [-0.05, 0) is 75.6 Å². The standard InChI is InChI=1S/C20H24FN5O/c21-16-4-2-15(3-5-16)18-13-26-12-17(19(27)24-20(26)23-18)14-6-10-25(11-7-14)9-1-8-22/h2-5,12-14H,1,6-11,22H2,(H,23,24,27). The second-order valence-corrected chi connectivity index (χ2v) is 7.16. The molecule has 2 aromatic heterocycles. The number of nitrogens with one attached hydrogen (secondary N) is 1. The molecule has 3 heterocycles. The minimum Gasteiger partial charge on any atom is -0.330 e. The predicted molar refractivity (Wildman–Crippen MR) is 103 cm³/mol. The summed E-state index contributed by atoms with van der Waals surface area (Å²) in [5, 5.41) is 0. The average Bonchev–Trinajstić information content (AvgIpc) is 3.09. The van der Waals surface area contributed by atoms with Crippen LogP contribution in [0.5, 0.6) is 0 Å². The molecule has 1 aliphatic heterocycles. The quantitative estimate of drug-likeness (QED) is 0.724. The van der Waals surface area contributed by atoms with E-state index >= 15 is 0 Å². The van der Waals surface area contributed by atoms with E-state index in [0.717, 1.165) is 50.0 Å². The number of fused-ring (bicyclic) bond motifs is 1. The number of H-pyrrole nitrogens is 1. The van der Waals surface area contributed by atoms with Gasteiger partial charge in [-0.15, -0.1) is 0 Å². The Hall–Kier alpha value is -2.51. The predicted octanol–water partition coefficient (Wildman–Crippen LogP) is 2.36. The van der Waals surface area contributed by atoms with Crippen molar-refractivity contribution in [3.05, 3.63) is 58.4 Å². The lowest BCUT2D eigenvalue weighted by molar-refractivity contribution is 0.210. The lowest BCUT2D eigenvalue weighted by atomic mass is 9.91. The van der Waals surface area contributed by atoms with Crippen LogP contribution in [0.3, 0.4) is 0 Å². The van der Waals surface area contributed by atoms with Gasteiger partial charge in [0, 0.05) is 23.5 Å². The van der Waals surface area contributed by atoms with Gasteiger partial charge in [0.25, 0.3) is 5.56 Å². The summed E-state index contributed by atoms with van der Waals surface area (Å²) >= 11 is 0. The number of hydrogen-bond acceptors (Lipinski definition) is 4. The van der Waals surface area contributed by atoms with Crippen LogP contribution in [0.2, 0.25) is 0 Å². The van der Waals surface area contributed by atoms with Crippen LogP contribution < -0.4 is 11.3 Å². The number of imidazole rings is 1. The van der Waals surface area contributed by atoms with Gasteiger partial charge in [0.15, 0.2) is 0 Å². The second-order valence-electron chi connectivity index (χ2n) is 7.16. The van der Waals surface area contributed by atoms with Crippen LogP contribution in [-0.2, 0) is 0 Å². The normalized spacial score (nSPS) is 16.2. The van der Waals surface area contributed by atoms with Gasteiger partial charge in [0.05, 0.1) is 5.69 Å². The van der Waals surface area contributed by atoms with Gasteiger partial charge in [0.2, 0.25) is 5.78 Å². The van der Waals surface area contributed by atoms with Gasteiger partial charge in [-0.1, -0.05) is 0 Å². The van der Waals surface area contributed by atoms with E-state index in [1.807, 2.05) is 16.8 Å². The van der Waals surface area contributed by atoms with Crippen molar-refractivity contribution in [2.24, 2.45) is 5.73 Å². The molecule has 0 radical (unpaired) electrons. The van der Waals surface area contributed by atoms with Crippen LogP contribution in [-0.4, -0.2) is 45.4 Å². The van der Waals surface area contributed by atoms with E-state index in [-0.39, 0.29) is 17.3 Å². The molecule has 0 unspecified atom stereocenters. The second kappa shape index (κ2) is 7.62. The number of hydrogen-bond donors (Lipinski definition) is 2. The van der Waals surface area contributed by atoms with Gasteiger partial charge >= 0.3 is 0 Å². The summed E-state index contributed by atoms with van der Waals surface area (Å²) in [5.41, 5.74) is 7.85. The fourth-order valence-electron chi connectivity index (χ4n) is 3.80. The van der Waals surface area contributed by atoms with E-state index in [9.17, 15) is 9.18 Å². The fraction of sp³-hybridized carbons (Fsp3) is 0.400. The van der Waals surface area contributed by atoms with Crippen LogP contribution >= 0.6 is 0 Å². The fourth-order valence-corrected chi connectivity index (χ4v) is 3.80. The first-order valence-electron chi connectivity index (χ1n) is 9.44. The van der Waals surface area contributed by atoms with Crippen molar-refractivity contribution in [2.75, 3.05) is 26.2 Å². The zero-order valence-corrected chi connectivity index (χ0v) is 15.2. The first-order chi connectivity index (χ1) is 13.1. The van der Waals surface area contributed by atoms with Crippen LogP contribution in [0, 0.1) is 5.82 Å². The molecule has 27 heavy (non-hydrogen) atoms. The lowest BCUT2D eigenvalue weighted by Gasteiger charge is -2.31. The largest absolute Gasteiger partial charge is 0.330 e. The molecule has 4 rings (SSSR count). The third-order valence-electron chi connectivity index (χ3n) is 5.34. The zero-order chi connectivity index (χ0) is 18.8. The molecule has 1 saturated heterocycles. The SMILES string of the molecule is NCCCN1CCC(c2cn3cc(-c4ccc(F)cc4)nc3[nH]c2=O)CC1. The van der Waals surface area contributed by atoms with Crippen LogP contribution in [0.4, 0.5) is 4.39 Å². The van der Waals surface area contributed by atoms with E-state index < -0.39 is 0 Å². The van der Waals surface area contributed by atoms with Crippen molar-refractivity contribution in [1.29, 1.82) is 0 Å². The summed E-state index contributed by atoms with van der Waals surface area (Å²) in [6, 6.07) is 6.19. The third kappa shape index (κ3) is 3.79. The third-order valence-corrected chi connectivity index (χ3v) is 5.34. The maximum absolute atomic E-state index is 13.1. The van der Waals surface area contributed by atoms with Crippen molar-refractivity contribution in [3.8, 4) is 11.3 Å². The summed E-state index contributed by atoms with van der Waals surface area (Å²) in [6.45, 7) is 3.73. The topological polar surface area (TPSA) is 79.4 Å². The number of halogens is 1. The highest BCUT2D eigenvalue weighted by Gasteiger charge is 2.23. The Morgan fingerprint density at radius 1 is 1.19 bits per heavy atom. The molecule has 3 aromatic rings. The first-order valence-corrected chi connectivity index (χ1v) is 9.44. The van der Waals surface area contributed by atoms with Gasteiger partial charge in [-0.2, -0.15) is 0 Å². The van der Waals surface area contributed by atoms with Crippen molar-refractivity contribution < 1.29 is 4.39 Å². The highest BCUT2D eigenvalue weighted by Crippen LogP contribution is 2.26. The van der Waals surface area contributed by atoms with Crippen LogP contribution in [0.1, 0.15) is 30.7 Å². The molecule has 142 valence electrons. The minimum absolute atomic E-state index is 0.0702. The monoisotopic (exact) mass is 369 g/mol. The highest BCUT2D eigenvalue weighted by molar-refractivity contribution is 5.61. The van der Waals surface area contributed by atoms with E-state index in [1.165, 1.54) is 12.1 Å².